The number of hydrogen-bond donors (Lipinski definition) is 0. The fraction of sp³-hybridized carbons (Fsp3) is 0.571. The van der Waals surface area contributed by atoms with Crippen LogP contribution in [0.25, 0.3) is 0 Å². The van der Waals surface area contributed by atoms with E-state index in [0.29, 0.717) is 18.9 Å². The van der Waals surface area contributed by atoms with E-state index >= 15 is 0 Å². The van der Waals surface area contributed by atoms with Gasteiger partial charge in [0.2, 0.25) is 0 Å². The summed E-state index contributed by atoms with van der Waals surface area (Å²) in [7, 11) is 0. The first-order chi connectivity index (χ1) is 8.25. The average Bonchev–Trinajstić information content (AvgIpc) is 2.82. The molecule has 0 radical (unpaired) electrons. The molecule has 0 N–H and O–H groups in total. The monoisotopic (exact) mass is 233 g/mol. The molecule has 92 valence electrons. The number of hydrogen-bond acceptors (Lipinski definition) is 3. The maximum Gasteiger partial charge on any atom is 0.138 e. The Kier molecular flexibility index (Phi) is 4.26. The molecule has 0 spiro atoms. The summed E-state index contributed by atoms with van der Waals surface area (Å²) in [6.07, 6.45) is 6.23. The predicted molar refractivity (Wildman–Crippen MR) is 65.9 cm³/mol. The van der Waals surface area contributed by atoms with Gasteiger partial charge < -0.3 is 4.74 Å². The van der Waals surface area contributed by atoms with Gasteiger partial charge in [-0.25, -0.2) is 0 Å². The van der Waals surface area contributed by atoms with Crippen LogP contribution >= 0.6 is 0 Å². The quantitative estimate of drug-likeness (QED) is 0.784. The highest BCUT2D eigenvalue weighted by atomic mass is 16.5. The Hall–Kier alpha value is -1.22. The molecule has 0 bridgehead atoms. The summed E-state index contributed by atoms with van der Waals surface area (Å²) in [6, 6.07) is 3.89. The van der Waals surface area contributed by atoms with Gasteiger partial charge in [0.25, 0.3) is 0 Å². The minimum Gasteiger partial charge on any atom is -0.378 e. The highest BCUT2D eigenvalue weighted by Crippen LogP contribution is 2.17. The van der Waals surface area contributed by atoms with E-state index in [0.717, 1.165) is 37.1 Å². The number of nitrogens with zero attached hydrogens (tertiary/aromatic N) is 1. The summed E-state index contributed by atoms with van der Waals surface area (Å²) >= 11 is 0. The number of carbonyl (C=O) groups is 1. The third-order valence-electron chi connectivity index (χ3n) is 3.25. The molecule has 0 amide bonds. The lowest BCUT2D eigenvalue weighted by molar-refractivity contribution is -0.119. The van der Waals surface area contributed by atoms with Gasteiger partial charge in [0.05, 0.1) is 11.8 Å². The van der Waals surface area contributed by atoms with Crippen LogP contribution in [0.4, 0.5) is 0 Å². The zero-order chi connectivity index (χ0) is 12.1. The van der Waals surface area contributed by atoms with E-state index in [4.69, 9.17) is 4.74 Å². The second-order valence-electron chi connectivity index (χ2n) is 4.66. The molecule has 1 unspecified atom stereocenters. The SMILES string of the molecule is Cc1cccnc1CC(=O)CCC1CCCO1. The molecule has 0 aliphatic carbocycles. The minimum atomic E-state index is 0.266. The molecule has 1 aromatic heterocycles. The van der Waals surface area contributed by atoms with Crippen molar-refractivity contribution in [1.29, 1.82) is 0 Å². The van der Waals surface area contributed by atoms with E-state index in [9.17, 15) is 4.79 Å². The highest BCUT2D eigenvalue weighted by molar-refractivity contribution is 5.80. The van der Waals surface area contributed by atoms with Gasteiger partial charge in [-0.2, -0.15) is 0 Å². The van der Waals surface area contributed by atoms with E-state index in [1.165, 1.54) is 0 Å². The van der Waals surface area contributed by atoms with Gasteiger partial charge in [0, 0.05) is 25.6 Å². The van der Waals surface area contributed by atoms with Crippen LogP contribution in [0.2, 0.25) is 0 Å². The largest absolute Gasteiger partial charge is 0.378 e. The highest BCUT2D eigenvalue weighted by Gasteiger charge is 2.17. The first-order valence-electron chi connectivity index (χ1n) is 6.29. The molecule has 1 saturated heterocycles. The van der Waals surface area contributed by atoms with Crippen LogP contribution in [0.3, 0.4) is 0 Å². The normalized spacial score (nSPS) is 19.5. The molecule has 1 atom stereocenters. The predicted octanol–water partition coefficient (Wildman–Crippen LogP) is 2.46. The first-order valence-corrected chi connectivity index (χ1v) is 6.29. The van der Waals surface area contributed by atoms with Crippen molar-refractivity contribution in [2.45, 2.75) is 45.1 Å². The summed E-state index contributed by atoms with van der Waals surface area (Å²) in [5.41, 5.74) is 2.00. The summed E-state index contributed by atoms with van der Waals surface area (Å²) < 4.78 is 5.51. The fourth-order valence-electron chi connectivity index (χ4n) is 2.17. The Morgan fingerprint density at radius 2 is 2.47 bits per heavy atom. The lowest BCUT2D eigenvalue weighted by atomic mass is 10.0. The van der Waals surface area contributed by atoms with Crippen LogP contribution in [0.15, 0.2) is 18.3 Å². The van der Waals surface area contributed by atoms with Crippen molar-refractivity contribution in [1.82, 2.24) is 4.98 Å². The maximum absolute atomic E-state index is 11.8. The number of rotatable bonds is 5. The third kappa shape index (κ3) is 3.63. The van der Waals surface area contributed by atoms with Crippen molar-refractivity contribution < 1.29 is 9.53 Å². The molecule has 1 fully saturated rings. The lowest BCUT2D eigenvalue weighted by Crippen LogP contribution is -2.11. The molecule has 1 aliphatic heterocycles. The van der Waals surface area contributed by atoms with E-state index in [2.05, 4.69) is 4.98 Å². The van der Waals surface area contributed by atoms with Gasteiger partial charge in [-0.15, -0.1) is 0 Å². The summed E-state index contributed by atoms with van der Waals surface area (Å²) in [5, 5.41) is 0. The fourth-order valence-corrected chi connectivity index (χ4v) is 2.17. The van der Waals surface area contributed by atoms with Crippen molar-refractivity contribution in [2.24, 2.45) is 0 Å². The van der Waals surface area contributed by atoms with Gasteiger partial charge in [-0.1, -0.05) is 6.07 Å². The zero-order valence-corrected chi connectivity index (χ0v) is 10.3. The zero-order valence-electron chi connectivity index (χ0n) is 10.3. The Bertz CT molecular complexity index is 384. The molecule has 2 heterocycles. The van der Waals surface area contributed by atoms with Gasteiger partial charge in [-0.3, -0.25) is 9.78 Å². The average molecular weight is 233 g/mol. The molecule has 0 aromatic carbocycles. The second kappa shape index (κ2) is 5.92. The van der Waals surface area contributed by atoms with E-state index in [1.54, 1.807) is 6.20 Å². The smallest absolute Gasteiger partial charge is 0.138 e. The molecular weight excluding hydrogens is 214 g/mol. The molecule has 1 aromatic rings. The van der Waals surface area contributed by atoms with Crippen LogP contribution in [0, 0.1) is 6.92 Å². The molecule has 3 heteroatoms. The van der Waals surface area contributed by atoms with Crippen molar-refractivity contribution in [3.63, 3.8) is 0 Å². The molecule has 17 heavy (non-hydrogen) atoms. The van der Waals surface area contributed by atoms with Crippen LogP contribution in [-0.2, 0) is 16.0 Å². The number of carbonyl (C=O) groups excluding carboxylic acids is 1. The first kappa shape index (κ1) is 12.2. The van der Waals surface area contributed by atoms with Gasteiger partial charge in [0.15, 0.2) is 0 Å². The lowest BCUT2D eigenvalue weighted by Gasteiger charge is -2.08. The van der Waals surface area contributed by atoms with Crippen LogP contribution < -0.4 is 0 Å². The summed E-state index contributed by atoms with van der Waals surface area (Å²) in [6.45, 7) is 2.86. The third-order valence-corrected chi connectivity index (χ3v) is 3.25. The van der Waals surface area contributed by atoms with Gasteiger partial charge >= 0.3 is 0 Å². The number of Topliss-reactive ketones (excluding diaryl/α,β-unsaturated/α-hetero) is 1. The Morgan fingerprint density at radius 1 is 1.59 bits per heavy atom. The van der Waals surface area contributed by atoms with Crippen LogP contribution in [-0.4, -0.2) is 23.5 Å². The number of aryl methyl sites for hydroxylation is 1. The van der Waals surface area contributed by atoms with Crippen molar-refractivity contribution in [2.75, 3.05) is 6.61 Å². The van der Waals surface area contributed by atoms with Crippen molar-refractivity contribution in [3.8, 4) is 0 Å². The molecular formula is C14H19NO2. The summed E-state index contributed by atoms with van der Waals surface area (Å²) in [4.78, 5) is 16.1. The molecule has 2 rings (SSSR count). The minimum absolute atomic E-state index is 0.266. The number of ether oxygens (including phenoxy) is 1. The molecule has 1 aliphatic rings. The van der Waals surface area contributed by atoms with Crippen LogP contribution in [0.1, 0.15) is 36.9 Å². The standard InChI is InChI=1S/C14H19NO2/c1-11-4-2-8-15-14(11)10-12(16)6-7-13-5-3-9-17-13/h2,4,8,13H,3,5-7,9-10H2,1H3. The Morgan fingerprint density at radius 3 is 3.18 bits per heavy atom. The molecule has 3 nitrogen and oxygen atoms in total. The van der Waals surface area contributed by atoms with E-state index in [1.807, 2.05) is 19.1 Å². The Labute approximate surface area is 102 Å². The maximum atomic E-state index is 11.8. The van der Waals surface area contributed by atoms with Gasteiger partial charge in [-0.05, 0) is 37.8 Å². The number of pyridine rings is 1. The summed E-state index contributed by atoms with van der Waals surface area (Å²) in [5.74, 6) is 0.266. The van der Waals surface area contributed by atoms with Crippen molar-refractivity contribution in [3.05, 3.63) is 29.6 Å². The second-order valence-corrected chi connectivity index (χ2v) is 4.66. The van der Waals surface area contributed by atoms with E-state index < -0.39 is 0 Å². The van der Waals surface area contributed by atoms with Crippen LogP contribution in [0.5, 0.6) is 0 Å². The number of aromatic nitrogens is 1. The van der Waals surface area contributed by atoms with Crippen molar-refractivity contribution >= 4 is 5.78 Å². The topological polar surface area (TPSA) is 39.2 Å². The number of ketones is 1. The Balaban J connectivity index is 1.79. The van der Waals surface area contributed by atoms with Gasteiger partial charge in [0.1, 0.15) is 5.78 Å². The van der Waals surface area contributed by atoms with E-state index in [-0.39, 0.29) is 5.78 Å². The molecule has 0 saturated carbocycles.